The molecule has 0 bridgehead atoms. The highest BCUT2D eigenvalue weighted by Gasteiger charge is 2.33. The summed E-state index contributed by atoms with van der Waals surface area (Å²) in [5, 5.41) is 10.2. The van der Waals surface area contributed by atoms with Crippen LogP contribution in [0.2, 0.25) is 0 Å². The molecule has 1 aliphatic heterocycles. The molecule has 0 aromatic heterocycles. The first-order valence-corrected chi connectivity index (χ1v) is 12.2. The maximum absolute atomic E-state index is 12.8. The van der Waals surface area contributed by atoms with Crippen LogP contribution in [0.1, 0.15) is 62.1 Å². The second-order valence-corrected chi connectivity index (χ2v) is 9.01. The van der Waals surface area contributed by atoms with Gasteiger partial charge in [-0.2, -0.15) is 0 Å². The van der Waals surface area contributed by atoms with Gasteiger partial charge in [-0.05, 0) is 70.0 Å². The van der Waals surface area contributed by atoms with Crippen LogP contribution in [0, 0.1) is 0 Å². The number of benzene rings is 2. The molecule has 34 heavy (non-hydrogen) atoms. The second-order valence-electron chi connectivity index (χ2n) is 9.01. The summed E-state index contributed by atoms with van der Waals surface area (Å²) in [6.07, 6.45) is 4.34. The minimum atomic E-state index is 0. The van der Waals surface area contributed by atoms with Gasteiger partial charge >= 0.3 is 0 Å². The fourth-order valence-corrected chi connectivity index (χ4v) is 5.01. The maximum Gasteiger partial charge on any atom is 0.253 e. The zero-order valence-corrected chi connectivity index (χ0v) is 22.0. The van der Waals surface area contributed by atoms with Gasteiger partial charge in [0.1, 0.15) is 5.75 Å². The van der Waals surface area contributed by atoms with Crippen LogP contribution < -0.4 is 0 Å². The van der Waals surface area contributed by atoms with Crippen LogP contribution in [0.3, 0.4) is 0 Å². The highest BCUT2D eigenvalue weighted by molar-refractivity contribution is 5.94. The predicted octanol–water partition coefficient (Wildman–Crippen LogP) is 5.36. The van der Waals surface area contributed by atoms with Gasteiger partial charge < -0.3 is 10.0 Å². The molecule has 6 heteroatoms. The van der Waals surface area contributed by atoms with Crippen molar-refractivity contribution in [2.45, 2.75) is 52.7 Å². The summed E-state index contributed by atoms with van der Waals surface area (Å²) in [5.74, 6) is 0.346. The number of phenolic OH excluding ortho intramolecular Hbond substituents is 1. The molecule has 0 radical (unpaired) electrons. The number of nitrogens with zero attached hydrogens (tertiary/aromatic N) is 3. The van der Waals surface area contributed by atoms with Crippen LogP contribution in [0.4, 0.5) is 0 Å². The van der Waals surface area contributed by atoms with Crippen molar-refractivity contribution in [3.8, 4) is 5.75 Å². The first-order chi connectivity index (χ1) is 15.9. The van der Waals surface area contributed by atoms with E-state index in [0.29, 0.717) is 25.2 Å². The van der Waals surface area contributed by atoms with Gasteiger partial charge in [0.25, 0.3) is 5.91 Å². The van der Waals surface area contributed by atoms with E-state index < -0.39 is 0 Å². The van der Waals surface area contributed by atoms with Crippen LogP contribution >= 0.6 is 12.4 Å². The molecular formula is C28H40ClN3O2. The summed E-state index contributed by atoms with van der Waals surface area (Å²) >= 11 is 0. The zero-order valence-electron chi connectivity index (χ0n) is 21.1. The van der Waals surface area contributed by atoms with E-state index in [1.54, 1.807) is 6.07 Å². The van der Waals surface area contributed by atoms with Crippen LogP contribution in [0.25, 0.3) is 0 Å². The Labute approximate surface area is 211 Å². The number of hydrogen-bond acceptors (Lipinski definition) is 4. The van der Waals surface area contributed by atoms with E-state index >= 15 is 0 Å². The van der Waals surface area contributed by atoms with Crippen molar-refractivity contribution in [2.24, 2.45) is 0 Å². The Balaban J connectivity index is 0.00000408. The topological polar surface area (TPSA) is 47.0 Å². The third kappa shape index (κ3) is 6.41. The number of allylic oxidation sites excluding steroid dienone is 1. The lowest BCUT2D eigenvalue weighted by atomic mass is 9.93. The van der Waals surface area contributed by atoms with Gasteiger partial charge in [0, 0.05) is 50.4 Å². The Morgan fingerprint density at radius 3 is 2.21 bits per heavy atom. The van der Waals surface area contributed by atoms with Gasteiger partial charge in [0.15, 0.2) is 0 Å². The van der Waals surface area contributed by atoms with Gasteiger partial charge in [-0.1, -0.05) is 36.4 Å². The lowest BCUT2D eigenvalue weighted by Gasteiger charge is -2.47. The van der Waals surface area contributed by atoms with Gasteiger partial charge in [-0.3, -0.25) is 14.6 Å². The van der Waals surface area contributed by atoms with Crippen LogP contribution in [-0.4, -0.2) is 70.5 Å². The van der Waals surface area contributed by atoms with E-state index in [0.717, 1.165) is 36.3 Å². The van der Waals surface area contributed by atoms with E-state index in [1.807, 2.05) is 43.0 Å². The molecule has 5 nitrogen and oxygen atoms in total. The summed E-state index contributed by atoms with van der Waals surface area (Å²) in [6.45, 7) is 14.9. The van der Waals surface area contributed by atoms with E-state index in [4.69, 9.17) is 0 Å². The molecule has 2 aromatic carbocycles. The summed E-state index contributed by atoms with van der Waals surface area (Å²) in [6, 6.07) is 16.5. The fourth-order valence-electron chi connectivity index (χ4n) is 5.01. The highest BCUT2D eigenvalue weighted by atomic mass is 35.5. The molecule has 3 atom stereocenters. The number of rotatable bonds is 8. The predicted molar refractivity (Wildman–Crippen MR) is 143 cm³/mol. The Morgan fingerprint density at radius 2 is 1.68 bits per heavy atom. The lowest BCUT2D eigenvalue weighted by Crippen LogP contribution is -2.57. The van der Waals surface area contributed by atoms with Crippen molar-refractivity contribution in [1.29, 1.82) is 0 Å². The number of hydrogen-bond donors (Lipinski definition) is 1. The van der Waals surface area contributed by atoms with Crippen molar-refractivity contribution in [2.75, 3.05) is 32.7 Å². The first kappa shape index (κ1) is 27.9. The van der Waals surface area contributed by atoms with E-state index in [2.05, 4.69) is 60.9 Å². The Bertz CT molecular complexity index is 931. The smallest absolute Gasteiger partial charge is 0.253 e. The summed E-state index contributed by atoms with van der Waals surface area (Å²) in [7, 11) is 0. The van der Waals surface area contributed by atoms with Crippen molar-refractivity contribution in [3.63, 3.8) is 0 Å². The number of halogens is 1. The van der Waals surface area contributed by atoms with E-state index in [-0.39, 0.29) is 30.1 Å². The quantitative estimate of drug-likeness (QED) is 0.511. The maximum atomic E-state index is 12.8. The third-order valence-corrected chi connectivity index (χ3v) is 6.76. The minimum absolute atomic E-state index is 0. The molecular weight excluding hydrogens is 446 g/mol. The minimum Gasteiger partial charge on any atom is -0.508 e. The molecule has 0 saturated carbocycles. The van der Waals surface area contributed by atoms with Crippen LogP contribution in [0.15, 0.2) is 60.7 Å². The van der Waals surface area contributed by atoms with Crippen molar-refractivity contribution < 1.29 is 9.90 Å². The molecule has 3 unspecified atom stereocenters. The molecule has 1 fully saturated rings. The normalized spacial score (nSPS) is 20.1. The number of phenols is 1. The SMILES string of the molecule is CC=CCN1C(C)CN(C(c2ccc(C(=O)N(CC)CC)cc2)c2cccc(O)c2)CC1C.Cl. The van der Waals surface area contributed by atoms with Crippen LogP contribution in [-0.2, 0) is 0 Å². The average molecular weight is 486 g/mol. The van der Waals surface area contributed by atoms with E-state index in [9.17, 15) is 9.90 Å². The third-order valence-electron chi connectivity index (χ3n) is 6.76. The molecule has 1 heterocycles. The number of amides is 1. The summed E-state index contributed by atoms with van der Waals surface area (Å²) < 4.78 is 0. The lowest BCUT2D eigenvalue weighted by molar-refractivity contribution is 0.0322. The van der Waals surface area contributed by atoms with Gasteiger partial charge in [0.2, 0.25) is 0 Å². The molecule has 3 rings (SSSR count). The number of carbonyl (C=O) groups is 1. The molecule has 1 amide bonds. The molecule has 0 spiro atoms. The van der Waals surface area contributed by atoms with Crippen molar-refractivity contribution >= 4 is 18.3 Å². The van der Waals surface area contributed by atoms with Gasteiger partial charge in [0.05, 0.1) is 6.04 Å². The van der Waals surface area contributed by atoms with Gasteiger partial charge in [-0.15, -0.1) is 12.4 Å². The molecule has 1 aliphatic rings. The number of carbonyl (C=O) groups excluding carboxylic acids is 1. The standard InChI is InChI=1S/C28H39N3O2.ClH/c1-6-9-17-31-21(4)19-30(20-22(31)5)27(25-11-10-12-26(32)18-25)23-13-15-24(16-14-23)28(33)29(7-2)8-3;/h6,9-16,18,21-22,27,32H,7-8,17,19-20H2,1-5H3;1H. The summed E-state index contributed by atoms with van der Waals surface area (Å²) in [5.41, 5.74) is 2.92. The van der Waals surface area contributed by atoms with Gasteiger partial charge in [-0.25, -0.2) is 0 Å². The Hall–Kier alpha value is -2.34. The molecule has 1 saturated heterocycles. The van der Waals surface area contributed by atoms with Crippen molar-refractivity contribution in [1.82, 2.24) is 14.7 Å². The Kier molecular flexibility index (Phi) is 10.6. The van der Waals surface area contributed by atoms with Crippen molar-refractivity contribution in [3.05, 3.63) is 77.4 Å². The van der Waals surface area contributed by atoms with E-state index in [1.165, 1.54) is 0 Å². The number of piperazine rings is 1. The largest absolute Gasteiger partial charge is 0.508 e. The highest BCUT2D eigenvalue weighted by Crippen LogP contribution is 2.33. The van der Waals surface area contributed by atoms with Crippen LogP contribution in [0.5, 0.6) is 5.75 Å². The fraction of sp³-hybridized carbons (Fsp3) is 0.464. The molecule has 1 N–H and O–H groups in total. The first-order valence-electron chi connectivity index (χ1n) is 12.2. The average Bonchev–Trinajstić information content (AvgIpc) is 2.80. The molecule has 186 valence electrons. The monoisotopic (exact) mass is 485 g/mol. The second kappa shape index (κ2) is 12.9. The zero-order chi connectivity index (χ0) is 24.0. The number of aromatic hydroxyl groups is 1. The summed E-state index contributed by atoms with van der Waals surface area (Å²) in [4.78, 5) is 19.7. The molecule has 0 aliphatic carbocycles. The Morgan fingerprint density at radius 1 is 1.06 bits per heavy atom. The molecule has 2 aromatic rings.